The van der Waals surface area contributed by atoms with E-state index < -0.39 is 17.6 Å². The quantitative estimate of drug-likeness (QED) is 0.780. The van der Waals surface area contributed by atoms with Crippen LogP contribution in [0, 0.1) is 19.7 Å². The van der Waals surface area contributed by atoms with Gasteiger partial charge >= 0.3 is 6.18 Å². The molecule has 0 aliphatic heterocycles. The molecule has 5 heteroatoms. The van der Waals surface area contributed by atoms with Crippen molar-refractivity contribution in [1.29, 1.82) is 0 Å². The molecule has 0 saturated heterocycles. The fourth-order valence-corrected chi connectivity index (χ4v) is 2.04. The lowest BCUT2D eigenvalue weighted by Gasteiger charge is -2.13. The molecule has 0 aliphatic rings. The minimum Gasteiger partial charge on any atom is -0.381 e. The lowest BCUT2D eigenvalue weighted by molar-refractivity contribution is -0.137. The Balaban J connectivity index is 2.20. The summed E-state index contributed by atoms with van der Waals surface area (Å²) >= 11 is 0. The van der Waals surface area contributed by atoms with E-state index >= 15 is 0 Å². The van der Waals surface area contributed by atoms with E-state index in [-0.39, 0.29) is 12.1 Å². The first kappa shape index (κ1) is 15.4. The number of benzene rings is 2. The molecule has 0 spiro atoms. The van der Waals surface area contributed by atoms with Crippen molar-refractivity contribution in [3.05, 3.63) is 64.5 Å². The van der Waals surface area contributed by atoms with Crippen LogP contribution in [0.4, 0.5) is 23.2 Å². The lowest BCUT2D eigenvalue weighted by atomic mass is 10.1. The van der Waals surface area contributed by atoms with Gasteiger partial charge in [0.25, 0.3) is 0 Å². The molecule has 21 heavy (non-hydrogen) atoms. The highest BCUT2D eigenvalue weighted by molar-refractivity contribution is 5.52. The first-order valence-electron chi connectivity index (χ1n) is 6.43. The third-order valence-electron chi connectivity index (χ3n) is 3.16. The van der Waals surface area contributed by atoms with Crippen molar-refractivity contribution in [2.24, 2.45) is 0 Å². The van der Waals surface area contributed by atoms with Crippen LogP contribution in [0.3, 0.4) is 0 Å². The molecule has 0 saturated carbocycles. The summed E-state index contributed by atoms with van der Waals surface area (Å²) < 4.78 is 51.2. The molecule has 2 rings (SSSR count). The zero-order chi connectivity index (χ0) is 15.6. The summed E-state index contributed by atoms with van der Waals surface area (Å²) in [5.41, 5.74) is 2.13. The second-order valence-corrected chi connectivity index (χ2v) is 5.02. The summed E-state index contributed by atoms with van der Waals surface area (Å²) in [6, 6.07) is 8.34. The lowest BCUT2D eigenvalue weighted by Crippen LogP contribution is -2.08. The number of hydrogen-bond donors (Lipinski definition) is 1. The summed E-state index contributed by atoms with van der Waals surface area (Å²) in [7, 11) is 0. The van der Waals surface area contributed by atoms with Crippen LogP contribution in [0.25, 0.3) is 0 Å². The van der Waals surface area contributed by atoms with Gasteiger partial charge in [-0.3, -0.25) is 0 Å². The van der Waals surface area contributed by atoms with Gasteiger partial charge in [0, 0.05) is 12.2 Å². The minimum absolute atomic E-state index is 0.130. The highest BCUT2D eigenvalue weighted by Gasteiger charge is 2.31. The molecular formula is C16H15F4N. The fourth-order valence-electron chi connectivity index (χ4n) is 2.04. The molecule has 0 fully saturated rings. The van der Waals surface area contributed by atoms with Crippen LogP contribution in [-0.4, -0.2) is 0 Å². The van der Waals surface area contributed by atoms with Crippen molar-refractivity contribution < 1.29 is 17.6 Å². The van der Waals surface area contributed by atoms with Crippen molar-refractivity contribution in [3.63, 3.8) is 0 Å². The highest BCUT2D eigenvalue weighted by Crippen LogP contribution is 2.30. The fraction of sp³-hybridized carbons (Fsp3) is 0.250. The van der Waals surface area contributed by atoms with Crippen LogP contribution < -0.4 is 5.32 Å². The van der Waals surface area contributed by atoms with Gasteiger partial charge in [0.2, 0.25) is 0 Å². The Morgan fingerprint density at radius 2 is 1.71 bits per heavy atom. The Kier molecular flexibility index (Phi) is 4.21. The number of halogens is 4. The van der Waals surface area contributed by atoms with Gasteiger partial charge in [-0.2, -0.15) is 13.2 Å². The van der Waals surface area contributed by atoms with Crippen molar-refractivity contribution in [2.45, 2.75) is 26.6 Å². The van der Waals surface area contributed by atoms with Crippen LogP contribution in [0.1, 0.15) is 22.3 Å². The monoisotopic (exact) mass is 297 g/mol. The van der Waals surface area contributed by atoms with Crippen molar-refractivity contribution in [3.8, 4) is 0 Å². The van der Waals surface area contributed by atoms with E-state index in [2.05, 4.69) is 5.32 Å². The zero-order valence-corrected chi connectivity index (χ0v) is 11.7. The summed E-state index contributed by atoms with van der Waals surface area (Å²) in [4.78, 5) is 0. The maximum Gasteiger partial charge on any atom is 0.416 e. The molecule has 2 aromatic carbocycles. The molecule has 1 N–H and O–H groups in total. The molecule has 0 aliphatic carbocycles. The van der Waals surface area contributed by atoms with E-state index in [0.29, 0.717) is 6.07 Å². The predicted octanol–water partition coefficient (Wildman–Crippen LogP) is 5.07. The standard InChI is InChI=1S/C16H15F4N/c1-10-3-4-11(2)15(5-10)21-9-12-6-13(16(18,19)20)8-14(17)7-12/h3-8,21H,9H2,1-2H3. The number of hydrogen-bond acceptors (Lipinski definition) is 1. The van der Waals surface area contributed by atoms with E-state index in [1.165, 1.54) is 0 Å². The van der Waals surface area contributed by atoms with E-state index in [4.69, 9.17) is 0 Å². The second-order valence-electron chi connectivity index (χ2n) is 5.02. The molecule has 0 unspecified atom stereocenters. The molecule has 0 radical (unpaired) electrons. The van der Waals surface area contributed by atoms with E-state index in [1.807, 2.05) is 32.0 Å². The van der Waals surface area contributed by atoms with E-state index in [0.717, 1.165) is 28.9 Å². The highest BCUT2D eigenvalue weighted by atomic mass is 19.4. The van der Waals surface area contributed by atoms with Crippen LogP contribution in [0.5, 0.6) is 0 Å². The van der Waals surface area contributed by atoms with Crippen LogP contribution in [-0.2, 0) is 12.7 Å². The van der Waals surface area contributed by atoms with Gasteiger partial charge in [0.1, 0.15) is 5.82 Å². The number of nitrogens with one attached hydrogen (secondary N) is 1. The van der Waals surface area contributed by atoms with Gasteiger partial charge < -0.3 is 5.32 Å². The number of aryl methyl sites for hydroxylation is 2. The molecule has 2 aromatic rings. The first-order chi connectivity index (χ1) is 9.75. The van der Waals surface area contributed by atoms with Gasteiger partial charge in [-0.15, -0.1) is 0 Å². The van der Waals surface area contributed by atoms with E-state index in [9.17, 15) is 17.6 Å². The Morgan fingerprint density at radius 1 is 1.00 bits per heavy atom. The molecule has 1 nitrogen and oxygen atoms in total. The second kappa shape index (κ2) is 5.76. The number of anilines is 1. The Labute approximate surface area is 120 Å². The topological polar surface area (TPSA) is 12.0 Å². The maximum atomic E-state index is 13.3. The largest absolute Gasteiger partial charge is 0.416 e. The predicted molar refractivity (Wildman–Crippen MR) is 74.6 cm³/mol. The van der Waals surface area contributed by atoms with Gasteiger partial charge in [0.15, 0.2) is 0 Å². The maximum absolute atomic E-state index is 13.3. The summed E-state index contributed by atoms with van der Waals surface area (Å²) in [6.07, 6.45) is -4.55. The molecule has 112 valence electrons. The minimum atomic E-state index is -4.55. The van der Waals surface area contributed by atoms with Gasteiger partial charge in [-0.25, -0.2) is 4.39 Å². The van der Waals surface area contributed by atoms with Crippen molar-refractivity contribution >= 4 is 5.69 Å². The third kappa shape index (κ3) is 3.97. The van der Waals surface area contributed by atoms with Gasteiger partial charge in [0.05, 0.1) is 5.56 Å². The Morgan fingerprint density at radius 3 is 2.38 bits per heavy atom. The van der Waals surface area contributed by atoms with E-state index in [1.54, 1.807) is 0 Å². The van der Waals surface area contributed by atoms with Gasteiger partial charge in [-0.05, 0) is 54.8 Å². The molecular weight excluding hydrogens is 282 g/mol. The number of alkyl halides is 3. The first-order valence-corrected chi connectivity index (χ1v) is 6.43. The smallest absolute Gasteiger partial charge is 0.381 e. The summed E-state index contributed by atoms with van der Waals surface area (Å²) in [5, 5.41) is 3.04. The van der Waals surface area contributed by atoms with Crippen LogP contribution in [0.2, 0.25) is 0 Å². The third-order valence-corrected chi connectivity index (χ3v) is 3.16. The average Bonchev–Trinajstić information content (AvgIpc) is 2.38. The van der Waals surface area contributed by atoms with Gasteiger partial charge in [-0.1, -0.05) is 12.1 Å². The van der Waals surface area contributed by atoms with Crippen molar-refractivity contribution in [2.75, 3.05) is 5.32 Å². The molecule has 0 amide bonds. The zero-order valence-electron chi connectivity index (χ0n) is 11.7. The van der Waals surface area contributed by atoms with Crippen molar-refractivity contribution in [1.82, 2.24) is 0 Å². The molecule has 0 heterocycles. The van der Waals surface area contributed by atoms with Crippen LogP contribution in [0.15, 0.2) is 36.4 Å². The Hall–Kier alpha value is -2.04. The summed E-state index contributed by atoms with van der Waals surface area (Å²) in [6.45, 7) is 3.95. The average molecular weight is 297 g/mol. The molecule has 0 bridgehead atoms. The molecule has 0 aromatic heterocycles. The molecule has 0 atom stereocenters. The van der Waals surface area contributed by atoms with Crippen LogP contribution >= 0.6 is 0 Å². The number of rotatable bonds is 3. The Bertz CT molecular complexity index is 647. The summed E-state index contributed by atoms with van der Waals surface area (Å²) in [5.74, 6) is -0.886. The normalized spacial score (nSPS) is 11.5. The SMILES string of the molecule is Cc1ccc(C)c(NCc2cc(F)cc(C(F)(F)F)c2)c1.